The second-order valence-corrected chi connectivity index (χ2v) is 5.99. The van der Waals surface area contributed by atoms with Crippen molar-refractivity contribution in [3.8, 4) is 0 Å². The zero-order valence-corrected chi connectivity index (χ0v) is 13.4. The predicted molar refractivity (Wildman–Crippen MR) is 89.1 cm³/mol. The minimum Gasteiger partial charge on any atom is -0.355 e. The van der Waals surface area contributed by atoms with Crippen LogP contribution in [0.5, 0.6) is 0 Å². The van der Waals surface area contributed by atoms with Crippen molar-refractivity contribution >= 4 is 28.8 Å². The van der Waals surface area contributed by atoms with Crippen LogP contribution in [-0.4, -0.2) is 37.4 Å². The van der Waals surface area contributed by atoms with Gasteiger partial charge in [-0.05, 0) is 36.7 Å². The first-order chi connectivity index (χ1) is 10.6. The molecule has 2 N–H and O–H groups in total. The van der Waals surface area contributed by atoms with Gasteiger partial charge in [0.05, 0.1) is 6.54 Å². The van der Waals surface area contributed by atoms with Crippen LogP contribution in [0.2, 0.25) is 0 Å². The summed E-state index contributed by atoms with van der Waals surface area (Å²) < 4.78 is 0. The van der Waals surface area contributed by atoms with Crippen LogP contribution < -0.4 is 10.6 Å². The number of benzene rings is 1. The molecule has 5 nitrogen and oxygen atoms in total. The third kappa shape index (κ3) is 4.68. The molecule has 0 aliphatic heterocycles. The molecule has 116 valence electrons. The number of hydrogen-bond acceptors (Lipinski definition) is 4. The van der Waals surface area contributed by atoms with Crippen molar-refractivity contribution in [3.05, 3.63) is 52.2 Å². The Morgan fingerprint density at radius 1 is 1.23 bits per heavy atom. The van der Waals surface area contributed by atoms with E-state index in [9.17, 15) is 9.59 Å². The highest BCUT2D eigenvalue weighted by Gasteiger charge is 2.09. The normalized spacial score (nSPS) is 10.5. The summed E-state index contributed by atoms with van der Waals surface area (Å²) >= 11 is 1.67. The van der Waals surface area contributed by atoms with Crippen molar-refractivity contribution in [2.24, 2.45) is 0 Å². The number of carbonyl (C=O) groups is 2. The average Bonchev–Trinajstić information content (AvgIpc) is 2.99. The standard InChI is InChI=1S/C16H19N3O2S/c1-17-16(21)12-5-3-6-13(9-12)18-15(20)11-19(2)10-14-7-4-8-22-14/h3-9H,10-11H2,1-2H3,(H,17,21)(H,18,20). The lowest BCUT2D eigenvalue weighted by molar-refractivity contribution is -0.117. The summed E-state index contributed by atoms with van der Waals surface area (Å²) in [4.78, 5) is 26.8. The van der Waals surface area contributed by atoms with Crippen LogP contribution in [0.25, 0.3) is 0 Å². The molecular formula is C16H19N3O2S. The molecule has 22 heavy (non-hydrogen) atoms. The molecule has 0 bridgehead atoms. The van der Waals surface area contributed by atoms with E-state index in [1.807, 2.05) is 29.5 Å². The van der Waals surface area contributed by atoms with Gasteiger partial charge in [0.2, 0.25) is 5.91 Å². The lowest BCUT2D eigenvalue weighted by Gasteiger charge is -2.15. The maximum absolute atomic E-state index is 12.1. The zero-order chi connectivity index (χ0) is 15.9. The topological polar surface area (TPSA) is 61.4 Å². The van der Waals surface area contributed by atoms with Gasteiger partial charge in [-0.3, -0.25) is 14.5 Å². The SMILES string of the molecule is CNC(=O)c1cccc(NC(=O)CN(C)Cc2cccs2)c1. The van der Waals surface area contributed by atoms with E-state index >= 15 is 0 Å². The van der Waals surface area contributed by atoms with Crippen LogP contribution >= 0.6 is 11.3 Å². The van der Waals surface area contributed by atoms with Crippen LogP contribution in [-0.2, 0) is 11.3 Å². The molecule has 0 aliphatic rings. The minimum atomic E-state index is -0.175. The molecular weight excluding hydrogens is 298 g/mol. The Hall–Kier alpha value is -2.18. The molecule has 6 heteroatoms. The van der Waals surface area contributed by atoms with E-state index in [2.05, 4.69) is 10.6 Å². The first-order valence-corrected chi connectivity index (χ1v) is 7.79. The van der Waals surface area contributed by atoms with Crippen molar-refractivity contribution < 1.29 is 9.59 Å². The fourth-order valence-electron chi connectivity index (χ4n) is 2.05. The van der Waals surface area contributed by atoms with E-state index in [-0.39, 0.29) is 11.8 Å². The van der Waals surface area contributed by atoms with Crippen molar-refractivity contribution in [3.63, 3.8) is 0 Å². The molecule has 0 fully saturated rings. The Morgan fingerprint density at radius 3 is 2.73 bits per heavy atom. The largest absolute Gasteiger partial charge is 0.355 e. The number of hydrogen-bond donors (Lipinski definition) is 2. The zero-order valence-electron chi connectivity index (χ0n) is 12.6. The van der Waals surface area contributed by atoms with E-state index in [1.54, 1.807) is 42.6 Å². The maximum atomic E-state index is 12.1. The maximum Gasteiger partial charge on any atom is 0.251 e. The van der Waals surface area contributed by atoms with Gasteiger partial charge in [0.25, 0.3) is 5.91 Å². The molecule has 1 heterocycles. The Labute approximate surface area is 134 Å². The van der Waals surface area contributed by atoms with Crippen molar-refractivity contribution in [2.75, 3.05) is 26.0 Å². The summed E-state index contributed by atoms with van der Waals surface area (Å²) in [6.45, 7) is 1.03. The number of nitrogens with zero attached hydrogens (tertiary/aromatic N) is 1. The molecule has 0 spiro atoms. The van der Waals surface area contributed by atoms with Crippen molar-refractivity contribution in [2.45, 2.75) is 6.54 Å². The van der Waals surface area contributed by atoms with E-state index in [0.29, 0.717) is 17.8 Å². The molecule has 0 unspecified atom stereocenters. The highest BCUT2D eigenvalue weighted by molar-refractivity contribution is 7.09. The fourth-order valence-corrected chi connectivity index (χ4v) is 2.84. The molecule has 2 amide bonds. The average molecular weight is 317 g/mol. The number of carbonyl (C=O) groups excluding carboxylic acids is 2. The van der Waals surface area contributed by atoms with Gasteiger partial charge in [-0.25, -0.2) is 0 Å². The Morgan fingerprint density at radius 2 is 2.05 bits per heavy atom. The Balaban J connectivity index is 1.90. The number of rotatable bonds is 6. The van der Waals surface area contributed by atoms with Crippen LogP contribution in [0.4, 0.5) is 5.69 Å². The van der Waals surface area contributed by atoms with Crippen LogP contribution in [0.3, 0.4) is 0 Å². The number of thiophene rings is 1. The monoisotopic (exact) mass is 317 g/mol. The van der Waals surface area contributed by atoms with Gasteiger partial charge >= 0.3 is 0 Å². The van der Waals surface area contributed by atoms with Gasteiger partial charge in [-0.1, -0.05) is 12.1 Å². The molecule has 0 radical (unpaired) electrons. The second kappa shape index (κ2) is 7.72. The molecule has 1 aromatic carbocycles. The number of anilines is 1. The first kappa shape index (κ1) is 16.2. The van der Waals surface area contributed by atoms with E-state index in [0.717, 1.165) is 6.54 Å². The smallest absolute Gasteiger partial charge is 0.251 e. The van der Waals surface area contributed by atoms with E-state index in [1.165, 1.54) is 4.88 Å². The molecule has 0 atom stereocenters. The lowest BCUT2D eigenvalue weighted by Crippen LogP contribution is -2.29. The molecule has 1 aromatic heterocycles. The highest BCUT2D eigenvalue weighted by atomic mass is 32.1. The van der Waals surface area contributed by atoms with Gasteiger partial charge in [-0.2, -0.15) is 0 Å². The highest BCUT2D eigenvalue weighted by Crippen LogP contribution is 2.12. The van der Waals surface area contributed by atoms with Crippen LogP contribution in [0.1, 0.15) is 15.2 Å². The summed E-state index contributed by atoms with van der Waals surface area (Å²) in [5.74, 6) is -0.279. The van der Waals surface area contributed by atoms with Crippen molar-refractivity contribution in [1.82, 2.24) is 10.2 Å². The molecule has 0 aliphatic carbocycles. The number of nitrogens with one attached hydrogen (secondary N) is 2. The van der Waals surface area contributed by atoms with Crippen LogP contribution in [0.15, 0.2) is 41.8 Å². The van der Waals surface area contributed by atoms with Gasteiger partial charge < -0.3 is 10.6 Å². The quantitative estimate of drug-likeness (QED) is 0.858. The summed E-state index contributed by atoms with van der Waals surface area (Å²) in [6, 6.07) is 10.9. The Kier molecular flexibility index (Phi) is 5.68. The molecule has 0 saturated heterocycles. The van der Waals surface area contributed by atoms with Gasteiger partial charge in [0.1, 0.15) is 0 Å². The molecule has 2 rings (SSSR count). The van der Waals surface area contributed by atoms with Crippen molar-refractivity contribution in [1.29, 1.82) is 0 Å². The fraction of sp³-hybridized carbons (Fsp3) is 0.250. The summed E-state index contributed by atoms with van der Waals surface area (Å²) in [7, 11) is 3.48. The van der Waals surface area contributed by atoms with Gasteiger partial charge in [0.15, 0.2) is 0 Å². The molecule has 2 aromatic rings. The predicted octanol–water partition coefficient (Wildman–Crippen LogP) is 2.18. The first-order valence-electron chi connectivity index (χ1n) is 6.91. The van der Waals surface area contributed by atoms with Gasteiger partial charge in [-0.15, -0.1) is 11.3 Å². The third-order valence-electron chi connectivity index (χ3n) is 3.05. The summed E-state index contributed by atoms with van der Waals surface area (Å²) in [5, 5.41) is 7.40. The summed E-state index contributed by atoms with van der Waals surface area (Å²) in [5.41, 5.74) is 1.14. The summed E-state index contributed by atoms with van der Waals surface area (Å²) in [6.07, 6.45) is 0. The number of amides is 2. The van der Waals surface area contributed by atoms with E-state index in [4.69, 9.17) is 0 Å². The molecule has 0 saturated carbocycles. The minimum absolute atomic E-state index is 0.104. The third-order valence-corrected chi connectivity index (χ3v) is 3.92. The van der Waals surface area contributed by atoms with E-state index < -0.39 is 0 Å². The van der Waals surface area contributed by atoms with Gasteiger partial charge in [0, 0.05) is 29.7 Å². The van der Waals surface area contributed by atoms with Crippen LogP contribution in [0, 0.1) is 0 Å². The number of likely N-dealkylation sites (N-methyl/N-ethyl adjacent to an activating group) is 1. The Bertz CT molecular complexity index is 641. The second-order valence-electron chi connectivity index (χ2n) is 4.96. The lowest BCUT2D eigenvalue weighted by atomic mass is 10.2.